The summed E-state index contributed by atoms with van der Waals surface area (Å²) in [7, 11) is 0. The molecule has 26 heavy (non-hydrogen) atoms. The van der Waals surface area contributed by atoms with Crippen LogP contribution in [-0.4, -0.2) is 32.3 Å². The maximum absolute atomic E-state index is 14.4. The number of halogens is 1. The predicted molar refractivity (Wildman–Crippen MR) is 106 cm³/mol. The third-order valence-corrected chi connectivity index (χ3v) is 4.89. The van der Waals surface area contributed by atoms with Gasteiger partial charge in [0.05, 0.1) is 12.2 Å². The van der Waals surface area contributed by atoms with Gasteiger partial charge in [-0.25, -0.2) is 9.07 Å². The van der Waals surface area contributed by atoms with E-state index in [0.717, 1.165) is 25.9 Å². The number of benzene rings is 1. The number of hydrogen-bond acceptors (Lipinski definition) is 3. The predicted octanol–water partition coefficient (Wildman–Crippen LogP) is 5.13. The van der Waals surface area contributed by atoms with Gasteiger partial charge < -0.3 is 0 Å². The highest BCUT2D eigenvalue weighted by molar-refractivity contribution is 7.71. The summed E-state index contributed by atoms with van der Waals surface area (Å²) in [5.74, 6) is 1.55. The van der Waals surface area contributed by atoms with Crippen molar-refractivity contribution in [2.45, 2.75) is 53.2 Å². The quantitative estimate of drug-likeness (QED) is 0.598. The lowest BCUT2D eigenvalue weighted by atomic mass is 10.1. The van der Waals surface area contributed by atoms with Crippen LogP contribution in [-0.2, 0) is 6.67 Å². The number of rotatable bonds is 8. The standard InChI is InChI=1S/C20H29FN4S/c1-14(2)11-23(12-15(3)4)13-24-20(26)25(16-9-10-16)19(22-24)17-7-5-6-8-18(17)21/h5-8,14-16H,9-13H2,1-4H3. The Kier molecular flexibility index (Phi) is 5.92. The van der Waals surface area contributed by atoms with Gasteiger partial charge in [0.15, 0.2) is 10.6 Å². The van der Waals surface area contributed by atoms with Crippen molar-refractivity contribution in [3.63, 3.8) is 0 Å². The van der Waals surface area contributed by atoms with Crippen molar-refractivity contribution in [3.05, 3.63) is 34.9 Å². The molecule has 0 atom stereocenters. The van der Waals surface area contributed by atoms with Crippen LogP contribution in [0.1, 0.15) is 46.6 Å². The van der Waals surface area contributed by atoms with E-state index in [0.29, 0.717) is 40.7 Å². The fourth-order valence-corrected chi connectivity index (χ4v) is 3.75. The van der Waals surface area contributed by atoms with E-state index in [9.17, 15) is 4.39 Å². The number of aromatic nitrogens is 3. The molecule has 0 saturated heterocycles. The van der Waals surface area contributed by atoms with E-state index < -0.39 is 0 Å². The molecule has 1 saturated carbocycles. The van der Waals surface area contributed by atoms with Crippen LogP contribution < -0.4 is 0 Å². The maximum Gasteiger partial charge on any atom is 0.199 e. The van der Waals surface area contributed by atoms with Crippen molar-refractivity contribution in [2.24, 2.45) is 11.8 Å². The van der Waals surface area contributed by atoms with Crippen molar-refractivity contribution >= 4 is 12.2 Å². The molecule has 0 N–H and O–H groups in total. The third-order valence-electron chi connectivity index (χ3n) is 4.48. The van der Waals surface area contributed by atoms with Crippen LogP contribution in [0.3, 0.4) is 0 Å². The monoisotopic (exact) mass is 376 g/mol. The zero-order chi connectivity index (χ0) is 18.8. The highest BCUT2D eigenvalue weighted by atomic mass is 32.1. The molecule has 1 fully saturated rings. The van der Waals surface area contributed by atoms with Gasteiger partial charge in [-0.1, -0.05) is 39.8 Å². The summed E-state index contributed by atoms with van der Waals surface area (Å²) in [6, 6.07) is 7.18. The summed E-state index contributed by atoms with van der Waals surface area (Å²) in [5.41, 5.74) is 0.531. The second-order valence-electron chi connectivity index (χ2n) is 8.15. The molecular formula is C20H29FN4S. The van der Waals surface area contributed by atoms with Crippen molar-refractivity contribution in [2.75, 3.05) is 13.1 Å². The molecule has 0 radical (unpaired) electrons. The van der Waals surface area contributed by atoms with Crippen LogP contribution in [0.2, 0.25) is 0 Å². The first-order chi connectivity index (χ1) is 12.4. The lowest BCUT2D eigenvalue weighted by molar-refractivity contribution is 0.164. The van der Waals surface area contributed by atoms with E-state index in [2.05, 4.69) is 37.2 Å². The topological polar surface area (TPSA) is 26.0 Å². The lowest BCUT2D eigenvalue weighted by Gasteiger charge is -2.25. The molecule has 0 aliphatic heterocycles. The van der Waals surface area contributed by atoms with E-state index in [1.807, 2.05) is 10.7 Å². The number of hydrogen-bond donors (Lipinski definition) is 0. The Morgan fingerprint density at radius 1 is 1.15 bits per heavy atom. The zero-order valence-corrected chi connectivity index (χ0v) is 17.0. The molecule has 3 rings (SSSR count). The lowest BCUT2D eigenvalue weighted by Crippen LogP contribution is -2.33. The van der Waals surface area contributed by atoms with Crippen molar-refractivity contribution in [1.82, 2.24) is 19.2 Å². The van der Waals surface area contributed by atoms with Crippen LogP contribution in [0.4, 0.5) is 4.39 Å². The van der Waals surface area contributed by atoms with Gasteiger partial charge in [-0.2, -0.15) is 5.10 Å². The zero-order valence-electron chi connectivity index (χ0n) is 16.2. The molecule has 1 aromatic carbocycles. The van der Waals surface area contributed by atoms with Crippen LogP contribution in [0, 0.1) is 22.4 Å². The van der Waals surface area contributed by atoms with E-state index >= 15 is 0 Å². The Balaban J connectivity index is 1.96. The minimum Gasteiger partial charge on any atom is -0.297 e. The smallest absolute Gasteiger partial charge is 0.199 e. The Labute approximate surface area is 160 Å². The van der Waals surface area contributed by atoms with Crippen molar-refractivity contribution < 1.29 is 4.39 Å². The van der Waals surface area contributed by atoms with E-state index in [4.69, 9.17) is 17.3 Å². The fraction of sp³-hybridized carbons (Fsp3) is 0.600. The molecule has 0 spiro atoms. The summed E-state index contributed by atoms with van der Waals surface area (Å²) in [4.78, 5) is 2.39. The summed E-state index contributed by atoms with van der Waals surface area (Å²) >= 11 is 5.73. The molecule has 2 aromatic rings. The molecule has 1 heterocycles. The Morgan fingerprint density at radius 2 is 1.77 bits per heavy atom. The minimum atomic E-state index is -0.247. The molecule has 0 amide bonds. The Morgan fingerprint density at radius 3 is 2.31 bits per heavy atom. The first-order valence-corrected chi connectivity index (χ1v) is 9.94. The number of nitrogens with zero attached hydrogens (tertiary/aromatic N) is 4. The summed E-state index contributed by atoms with van der Waals surface area (Å²) < 4.78 is 19.0. The van der Waals surface area contributed by atoms with Crippen molar-refractivity contribution in [1.29, 1.82) is 0 Å². The first kappa shape index (κ1) is 19.2. The molecule has 0 bridgehead atoms. The first-order valence-electron chi connectivity index (χ1n) is 9.53. The van der Waals surface area contributed by atoms with E-state index in [1.54, 1.807) is 12.1 Å². The summed E-state index contributed by atoms with van der Waals surface area (Å²) in [6.45, 7) is 11.5. The highest BCUT2D eigenvalue weighted by Gasteiger charge is 2.30. The summed E-state index contributed by atoms with van der Waals surface area (Å²) in [5, 5.41) is 4.75. The molecule has 0 unspecified atom stereocenters. The second kappa shape index (κ2) is 8.01. The average molecular weight is 377 g/mol. The van der Waals surface area contributed by atoms with Gasteiger partial charge in [0, 0.05) is 19.1 Å². The van der Waals surface area contributed by atoms with Gasteiger partial charge in [-0.3, -0.25) is 9.47 Å². The average Bonchev–Trinajstić information content (AvgIpc) is 3.32. The molecule has 1 aliphatic carbocycles. The third kappa shape index (κ3) is 4.41. The molecular weight excluding hydrogens is 347 g/mol. The second-order valence-corrected chi connectivity index (χ2v) is 8.52. The van der Waals surface area contributed by atoms with Gasteiger partial charge in [-0.15, -0.1) is 0 Å². The van der Waals surface area contributed by atoms with Gasteiger partial charge >= 0.3 is 0 Å². The highest BCUT2D eigenvalue weighted by Crippen LogP contribution is 2.39. The van der Waals surface area contributed by atoms with E-state index in [1.165, 1.54) is 6.07 Å². The Bertz CT molecular complexity index is 794. The van der Waals surface area contributed by atoms with Crippen LogP contribution in [0.5, 0.6) is 0 Å². The van der Waals surface area contributed by atoms with Crippen molar-refractivity contribution in [3.8, 4) is 11.4 Å². The maximum atomic E-state index is 14.4. The van der Waals surface area contributed by atoms with E-state index in [-0.39, 0.29) is 5.82 Å². The van der Waals surface area contributed by atoms with Gasteiger partial charge in [0.25, 0.3) is 0 Å². The molecule has 1 aliphatic rings. The minimum absolute atomic E-state index is 0.247. The SMILES string of the molecule is CC(C)CN(CC(C)C)Cn1nc(-c2ccccc2F)n(C2CC2)c1=S. The fourth-order valence-electron chi connectivity index (χ4n) is 3.41. The summed E-state index contributed by atoms with van der Waals surface area (Å²) in [6.07, 6.45) is 2.17. The van der Waals surface area contributed by atoms with Gasteiger partial charge in [-0.05, 0) is 49.0 Å². The Hall–Kier alpha value is -1.53. The molecule has 6 heteroatoms. The largest absolute Gasteiger partial charge is 0.297 e. The molecule has 1 aromatic heterocycles. The molecule has 4 nitrogen and oxygen atoms in total. The normalized spacial score (nSPS) is 14.8. The molecule has 142 valence electrons. The van der Waals surface area contributed by atoms with Gasteiger partial charge in [0.2, 0.25) is 0 Å². The van der Waals surface area contributed by atoms with Gasteiger partial charge in [0.1, 0.15) is 5.82 Å². The van der Waals surface area contributed by atoms with Crippen LogP contribution in [0.25, 0.3) is 11.4 Å². The van der Waals surface area contributed by atoms with Crippen LogP contribution >= 0.6 is 12.2 Å². The van der Waals surface area contributed by atoms with Crippen LogP contribution in [0.15, 0.2) is 24.3 Å².